The smallest absolute Gasteiger partial charge is 0.273 e. The number of rotatable bonds is 16. The highest BCUT2D eigenvalue weighted by Gasteiger charge is 2.38. The Morgan fingerprint density at radius 3 is 2.46 bits per heavy atom. The Kier molecular flexibility index (Phi) is 14.5. The molecule has 4 aromatic heterocycles. The lowest BCUT2D eigenvalue weighted by Gasteiger charge is -2.39. The molecule has 4 aliphatic rings. The van der Waals surface area contributed by atoms with E-state index in [0.29, 0.717) is 31.2 Å². The molecule has 358 valence electrons. The molecule has 7 heterocycles. The third-order valence-electron chi connectivity index (χ3n) is 14.4. The molecule has 3 amide bonds. The molecule has 3 aliphatic heterocycles. The minimum Gasteiger partial charge on any atom is -0.489 e. The van der Waals surface area contributed by atoms with Gasteiger partial charge in [-0.25, -0.2) is 8.78 Å². The van der Waals surface area contributed by atoms with Crippen LogP contribution >= 0.6 is 11.3 Å². The van der Waals surface area contributed by atoms with Gasteiger partial charge >= 0.3 is 0 Å². The second-order valence-electron chi connectivity index (χ2n) is 18.6. The van der Waals surface area contributed by atoms with E-state index in [1.54, 1.807) is 47.4 Å². The number of likely N-dealkylation sites (tertiary alicyclic amines) is 2. The number of piperidine rings is 1. The number of amides is 3. The van der Waals surface area contributed by atoms with Crippen molar-refractivity contribution in [3.05, 3.63) is 71.1 Å². The summed E-state index contributed by atoms with van der Waals surface area (Å²) < 4.78 is 51.5. The first kappa shape index (κ1) is 46.6. The van der Waals surface area contributed by atoms with Gasteiger partial charge in [-0.1, -0.05) is 19.3 Å². The highest BCUT2D eigenvalue weighted by molar-refractivity contribution is 7.17. The van der Waals surface area contributed by atoms with E-state index in [9.17, 15) is 23.6 Å². The number of pyridine rings is 1. The summed E-state index contributed by atoms with van der Waals surface area (Å²) in [6.45, 7) is 5.04. The summed E-state index contributed by atoms with van der Waals surface area (Å²) in [4.78, 5) is 67.2. The maximum atomic E-state index is 16.4. The number of thiophene rings is 1. The van der Waals surface area contributed by atoms with E-state index in [1.165, 1.54) is 21.6 Å². The van der Waals surface area contributed by atoms with Gasteiger partial charge in [0, 0.05) is 75.8 Å². The van der Waals surface area contributed by atoms with E-state index in [4.69, 9.17) is 14.0 Å². The number of nitrogens with zero attached hydrogens (tertiary/aromatic N) is 7. The summed E-state index contributed by atoms with van der Waals surface area (Å²) in [7, 11) is 1.73. The SMILES string of the molecule is CN[C@@H](C)C(=O)C[C@H](C(=O)N1CCN(C(=O)c2c(F)c3cc(F)ccc3n2CC(=O)N2CCC[C@H]2COc2cc(CN3CCC(Oc4ccnc5ccsc45)CC3)on2)CC1)C1CCCCC1. The average Bonchev–Trinajstić information content (AvgIpc) is 4.18. The van der Waals surface area contributed by atoms with Crippen LogP contribution in [0.4, 0.5) is 8.78 Å². The molecule has 1 saturated carbocycles. The molecule has 1 aromatic carbocycles. The van der Waals surface area contributed by atoms with Crippen molar-refractivity contribution in [2.24, 2.45) is 11.8 Å². The number of fused-ring (bicyclic) bond motifs is 2. The largest absolute Gasteiger partial charge is 0.489 e. The van der Waals surface area contributed by atoms with Gasteiger partial charge in [0.1, 0.15) is 42.3 Å². The van der Waals surface area contributed by atoms with Crippen LogP contribution in [0, 0.1) is 23.5 Å². The van der Waals surface area contributed by atoms with Crippen molar-refractivity contribution < 1.29 is 42.0 Å². The first-order chi connectivity index (χ1) is 32.5. The number of halogens is 2. The van der Waals surface area contributed by atoms with E-state index in [2.05, 4.69) is 20.4 Å². The normalized spacial score (nSPS) is 19.9. The number of benzene rings is 1. The minimum atomic E-state index is -0.897. The van der Waals surface area contributed by atoms with Gasteiger partial charge in [-0.15, -0.1) is 11.3 Å². The summed E-state index contributed by atoms with van der Waals surface area (Å²) in [5, 5.41) is 9.07. The topological polar surface area (TPSA) is 156 Å². The first-order valence-electron chi connectivity index (χ1n) is 23.9. The minimum absolute atomic E-state index is 0.00159. The van der Waals surface area contributed by atoms with E-state index >= 15 is 4.39 Å². The number of hydrogen-bond donors (Lipinski definition) is 1. The Bertz CT molecular complexity index is 2560. The first-order valence-corrected chi connectivity index (χ1v) is 24.8. The number of aromatic nitrogens is 3. The van der Waals surface area contributed by atoms with Crippen molar-refractivity contribution in [1.82, 2.24) is 39.6 Å². The number of Topliss-reactive ketones (excluding diaryl/α,β-unsaturated/α-hetero) is 1. The molecule has 1 aliphatic carbocycles. The number of likely N-dealkylation sites (N-methyl/N-ethyl adjacent to an activating group) is 1. The Morgan fingerprint density at radius 1 is 0.910 bits per heavy atom. The summed E-state index contributed by atoms with van der Waals surface area (Å²) in [6, 6.07) is 8.66. The van der Waals surface area contributed by atoms with Crippen LogP contribution in [0.25, 0.3) is 21.1 Å². The van der Waals surface area contributed by atoms with Crippen molar-refractivity contribution >= 4 is 56.0 Å². The zero-order valence-corrected chi connectivity index (χ0v) is 39.1. The number of carbonyl (C=O) groups excluding carboxylic acids is 4. The van der Waals surface area contributed by atoms with Gasteiger partial charge in [0.2, 0.25) is 11.8 Å². The third-order valence-corrected chi connectivity index (χ3v) is 15.3. The van der Waals surface area contributed by atoms with Gasteiger partial charge < -0.3 is 38.6 Å². The van der Waals surface area contributed by atoms with Gasteiger partial charge in [0.25, 0.3) is 11.8 Å². The molecule has 1 N–H and O–H groups in total. The van der Waals surface area contributed by atoms with Crippen LogP contribution in [0.15, 0.2) is 52.5 Å². The molecule has 0 bridgehead atoms. The van der Waals surface area contributed by atoms with E-state index < -0.39 is 23.5 Å². The molecule has 9 rings (SSSR count). The lowest BCUT2D eigenvalue weighted by Crippen LogP contribution is -2.53. The monoisotopic (exact) mass is 942 g/mol. The van der Waals surface area contributed by atoms with Gasteiger partial charge in [0.15, 0.2) is 11.6 Å². The van der Waals surface area contributed by atoms with Crippen molar-refractivity contribution in [1.29, 1.82) is 0 Å². The molecule has 3 saturated heterocycles. The number of piperazine rings is 1. The number of nitrogens with one attached hydrogen (secondary N) is 1. The van der Waals surface area contributed by atoms with Crippen molar-refractivity contribution in [3.8, 4) is 11.6 Å². The van der Waals surface area contributed by atoms with Gasteiger partial charge in [-0.05, 0) is 99.3 Å². The number of carbonyl (C=O) groups is 4. The Morgan fingerprint density at radius 2 is 1.69 bits per heavy atom. The molecule has 0 radical (unpaired) electrons. The molecule has 0 unspecified atom stereocenters. The number of hydrogen-bond acceptors (Lipinski definition) is 12. The van der Waals surface area contributed by atoms with Crippen LogP contribution in [0.1, 0.15) is 87.4 Å². The van der Waals surface area contributed by atoms with E-state index in [1.807, 2.05) is 17.5 Å². The molecule has 5 aromatic rings. The lowest BCUT2D eigenvalue weighted by molar-refractivity contribution is -0.142. The van der Waals surface area contributed by atoms with Crippen LogP contribution in [0.5, 0.6) is 11.6 Å². The quantitative estimate of drug-likeness (QED) is 0.113. The van der Waals surface area contributed by atoms with Gasteiger partial charge in [-0.2, -0.15) is 0 Å². The van der Waals surface area contributed by atoms with Crippen LogP contribution in [0.3, 0.4) is 0 Å². The zero-order chi connectivity index (χ0) is 46.6. The summed E-state index contributed by atoms with van der Waals surface area (Å²) >= 11 is 1.63. The van der Waals surface area contributed by atoms with Crippen molar-refractivity contribution in [2.75, 3.05) is 59.5 Å². The fourth-order valence-electron chi connectivity index (χ4n) is 10.4. The maximum Gasteiger partial charge on any atom is 0.273 e. The average molecular weight is 943 g/mol. The maximum absolute atomic E-state index is 16.4. The van der Waals surface area contributed by atoms with Crippen LogP contribution < -0.4 is 14.8 Å². The second-order valence-corrected chi connectivity index (χ2v) is 19.5. The second kappa shape index (κ2) is 20.8. The standard InChI is InChI=1S/C49H60F2N8O7S/c1-31(52-2)41(60)27-37(32-7-4-3-5-8-32)48(62)56-20-22-57(23-21-56)49(63)46-45(51)38-25-33(50)10-11-40(38)59(46)29-44(61)58-17-6-9-34(58)30-64-43-26-36(66-54-43)28-55-18-13-35(14-19-55)65-42-12-16-53-39-15-24-67-47(39)42/h10-12,15-16,24-26,31-32,34-35,37,52H,3-9,13-14,17-23,27-30H2,1-2H3/t31-,34-,37-/m0/s1. The number of ketones is 1. The Labute approximate surface area is 392 Å². The van der Waals surface area contributed by atoms with Gasteiger partial charge in [-0.3, -0.25) is 29.1 Å². The highest BCUT2D eigenvalue weighted by atomic mass is 32.1. The van der Waals surface area contributed by atoms with E-state index in [0.717, 1.165) is 86.5 Å². The zero-order valence-electron chi connectivity index (χ0n) is 38.3. The fourth-order valence-corrected chi connectivity index (χ4v) is 11.2. The Balaban J connectivity index is 0.805. The molecule has 15 nitrogen and oxygen atoms in total. The molecule has 4 fully saturated rings. The molecule has 3 atom stereocenters. The van der Waals surface area contributed by atoms with Crippen molar-refractivity contribution in [3.63, 3.8) is 0 Å². The summed E-state index contributed by atoms with van der Waals surface area (Å²) in [5.41, 5.74) is 0.850. The van der Waals surface area contributed by atoms with Crippen LogP contribution in [-0.2, 0) is 27.5 Å². The summed E-state index contributed by atoms with van der Waals surface area (Å²) in [5.74, 6) is -1.06. The number of ether oxygens (including phenoxy) is 2. The molecule has 18 heteroatoms. The molecule has 67 heavy (non-hydrogen) atoms. The molecular weight excluding hydrogens is 883 g/mol. The van der Waals surface area contributed by atoms with Crippen LogP contribution in [0.2, 0.25) is 0 Å². The predicted octanol–water partition coefficient (Wildman–Crippen LogP) is 6.68. The van der Waals surface area contributed by atoms with E-state index in [-0.39, 0.29) is 104 Å². The third kappa shape index (κ3) is 10.4. The Hall–Kier alpha value is -5.46. The molecule has 0 spiro atoms. The van der Waals surface area contributed by atoms with Crippen LogP contribution in [-0.4, -0.2) is 135 Å². The van der Waals surface area contributed by atoms with Crippen molar-refractivity contribution in [2.45, 2.75) is 102 Å². The molecular formula is C49H60F2N8O7S. The summed E-state index contributed by atoms with van der Waals surface area (Å²) in [6.07, 6.45) is 10.2. The fraction of sp³-hybridized carbons (Fsp3) is 0.551. The van der Waals surface area contributed by atoms with Gasteiger partial charge in [0.05, 0.1) is 34.4 Å². The predicted molar refractivity (Wildman–Crippen MR) is 248 cm³/mol. The lowest BCUT2D eigenvalue weighted by atomic mass is 9.76. The highest BCUT2D eigenvalue weighted by Crippen LogP contribution is 2.35.